The number of fused-ring (bicyclic) bond motifs is 1. The Morgan fingerprint density at radius 3 is 2.67 bits per heavy atom. The van der Waals surface area contributed by atoms with Gasteiger partial charge in [0.1, 0.15) is 16.1 Å². The predicted molar refractivity (Wildman–Crippen MR) is 122 cm³/mol. The smallest absolute Gasteiger partial charge is 0.408 e. The average Bonchev–Trinajstić information content (AvgIpc) is 3.08. The van der Waals surface area contributed by atoms with E-state index in [1.54, 1.807) is 0 Å². The third-order valence-electron chi connectivity index (χ3n) is 6.21. The maximum atomic E-state index is 12.8. The summed E-state index contributed by atoms with van der Waals surface area (Å²) in [5.74, 6) is 0.523. The second kappa shape index (κ2) is 7.50. The van der Waals surface area contributed by atoms with Gasteiger partial charge in [0.25, 0.3) is 5.56 Å². The maximum Gasteiger partial charge on any atom is 0.408 e. The van der Waals surface area contributed by atoms with Crippen LogP contribution in [0.3, 0.4) is 0 Å². The molecule has 2 aromatic heterocycles. The number of aromatic amines is 1. The number of carboxylic acid groups (broad SMARTS) is 1. The van der Waals surface area contributed by atoms with Crippen molar-refractivity contribution in [2.24, 2.45) is 5.41 Å². The van der Waals surface area contributed by atoms with Gasteiger partial charge in [0, 0.05) is 12.5 Å². The van der Waals surface area contributed by atoms with Crippen LogP contribution in [0.2, 0.25) is 0 Å². The first-order valence-electron chi connectivity index (χ1n) is 9.89. The van der Waals surface area contributed by atoms with Crippen LogP contribution in [0.4, 0.5) is 4.79 Å². The van der Waals surface area contributed by atoms with Gasteiger partial charge < -0.3 is 10.1 Å². The first-order chi connectivity index (χ1) is 14.1. The van der Waals surface area contributed by atoms with E-state index >= 15 is 0 Å². The van der Waals surface area contributed by atoms with Crippen molar-refractivity contribution >= 4 is 43.6 Å². The van der Waals surface area contributed by atoms with Crippen molar-refractivity contribution in [2.75, 3.05) is 6.54 Å². The minimum atomic E-state index is -1.00. The van der Waals surface area contributed by atoms with E-state index in [9.17, 15) is 14.7 Å². The molecule has 1 saturated heterocycles. The van der Waals surface area contributed by atoms with Crippen LogP contribution in [0.5, 0.6) is 0 Å². The fraction of sp³-hybridized carbons (Fsp3) is 0.409. The molecule has 1 fully saturated rings. The first-order valence-corrected chi connectivity index (χ1v) is 11.5. The summed E-state index contributed by atoms with van der Waals surface area (Å²) in [6.45, 7) is 6.39. The first kappa shape index (κ1) is 21.1. The Labute approximate surface area is 187 Å². The average molecular weight is 490 g/mol. The standard InChI is InChI=1S/C22H24BrN3O3S/c1-21(2,3)22(19-24-15-11-16(23)30-17(15)18(27)25-19)10-9-14(12-26(22)20(28)29)13-7-5-4-6-8-13/h4-8,11,14H,9-10,12H2,1-3H3,(H,28,29)(H,24,25,27)/t14-,22+/m0/s1. The van der Waals surface area contributed by atoms with Gasteiger partial charge in [-0.15, -0.1) is 11.3 Å². The fourth-order valence-corrected chi connectivity index (χ4v) is 6.13. The second-order valence-corrected chi connectivity index (χ2v) is 11.3. The topological polar surface area (TPSA) is 86.3 Å². The van der Waals surface area contributed by atoms with E-state index < -0.39 is 17.0 Å². The van der Waals surface area contributed by atoms with E-state index in [0.29, 0.717) is 29.0 Å². The summed E-state index contributed by atoms with van der Waals surface area (Å²) in [4.78, 5) is 34.5. The Hall–Kier alpha value is -2.19. The number of carbonyl (C=O) groups is 1. The molecule has 0 unspecified atom stereocenters. The molecule has 3 aromatic rings. The van der Waals surface area contributed by atoms with Crippen LogP contribution in [0.1, 0.15) is 50.9 Å². The van der Waals surface area contributed by atoms with Crippen LogP contribution in [-0.2, 0) is 5.54 Å². The lowest BCUT2D eigenvalue weighted by molar-refractivity contribution is -0.0414. The van der Waals surface area contributed by atoms with Crippen molar-refractivity contribution in [3.63, 3.8) is 0 Å². The van der Waals surface area contributed by atoms with E-state index in [2.05, 4.69) is 20.9 Å². The number of amides is 1. The number of hydrogen-bond donors (Lipinski definition) is 2. The number of benzene rings is 1. The Balaban J connectivity index is 1.88. The molecule has 0 aliphatic carbocycles. The molecule has 2 N–H and O–H groups in total. The van der Waals surface area contributed by atoms with Gasteiger partial charge in [-0.25, -0.2) is 9.78 Å². The van der Waals surface area contributed by atoms with Gasteiger partial charge in [0.2, 0.25) is 0 Å². The van der Waals surface area contributed by atoms with Crippen LogP contribution in [0.25, 0.3) is 10.2 Å². The Morgan fingerprint density at radius 2 is 2.03 bits per heavy atom. The van der Waals surface area contributed by atoms with Crippen LogP contribution >= 0.6 is 27.3 Å². The SMILES string of the molecule is CC(C)(C)[C@]1(c2nc3cc(Br)sc3c(=O)[nH]2)CC[C@H](c2ccccc2)CN1C(=O)O. The van der Waals surface area contributed by atoms with Crippen LogP contribution in [0, 0.1) is 5.41 Å². The van der Waals surface area contributed by atoms with E-state index in [-0.39, 0.29) is 11.5 Å². The van der Waals surface area contributed by atoms with Gasteiger partial charge in [-0.3, -0.25) is 9.69 Å². The number of hydrogen-bond acceptors (Lipinski definition) is 4. The summed E-state index contributed by atoms with van der Waals surface area (Å²) in [7, 11) is 0. The van der Waals surface area contributed by atoms with Crippen LogP contribution in [0.15, 0.2) is 45.0 Å². The fourth-order valence-electron chi connectivity index (χ4n) is 4.71. The lowest BCUT2D eigenvalue weighted by atomic mass is 9.65. The lowest BCUT2D eigenvalue weighted by Gasteiger charge is -2.54. The van der Waals surface area contributed by atoms with E-state index in [0.717, 1.165) is 15.8 Å². The molecule has 2 atom stereocenters. The highest BCUT2D eigenvalue weighted by molar-refractivity contribution is 9.11. The van der Waals surface area contributed by atoms with Gasteiger partial charge >= 0.3 is 6.09 Å². The summed E-state index contributed by atoms with van der Waals surface area (Å²) in [5, 5.41) is 10.3. The van der Waals surface area contributed by atoms with E-state index in [1.165, 1.54) is 16.2 Å². The van der Waals surface area contributed by atoms with E-state index in [4.69, 9.17) is 4.98 Å². The maximum absolute atomic E-state index is 12.8. The van der Waals surface area contributed by atoms with Gasteiger partial charge in [-0.2, -0.15) is 0 Å². The third kappa shape index (κ3) is 3.36. The summed E-state index contributed by atoms with van der Waals surface area (Å²) in [6, 6.07) is 11.8. The Kier molecular flexibility index (Phi) is 5.26. The molecular weight excluding hydrogens is 466 g/mol. The zero-order chi connectivity index (χ0) is 21.7. The predicted octanol–water partition coefficient (Wildman–Crippen LogP) is 5.55. The van der Waals surface area contributed by atoms with Gasteiger partial charge in [0.05, 0.1) is 9.30 Å². The highest BCUT2D eigenvalue weighted by Gasteiger charge is 2.55. The molecule has 1 amide bonds. The van der Waals surface area contributed by atoms with Crippen molar-refractivity contribution < 1.29 is 9.90 Å². The highest BCUT2D eigenvalue weighted by Crippen LogP contribution is 2.51. The zero-order valence-corrected chi connectivity index (χ0v) is 19.5. The molecule has 1 aromatic carbocycles. The summed E-state index contributed by atoms with van der Waals surface area (Å²) in [6.07, 6.45) is 0.377. The molecule has 8 heteroatoms. The molecule has 0 spiro atoms. The summed E-state index contributed by atoms with van der Waals surface area (Å²) < 4.78 is 1.36. The van der Waals surface area contributed by atoms with Crippen molar-refractivity contribution in [3.8, 4) is 0 Å². The summed E-state index contributed by atoms with van der Waals surface area (Å²) >= 11 is 4.75. The Bertz CT molecular complexity index is 1150. The lowest BCUT2D eigenvalue weighted by Crippen LogP contribution is -2.61. The molecule has 0 bridgehead atoms. The van der Waals surface area contributed by atoms with Crippen molar-refractivity contribution in [1.82, 2.24) is 14.9 Å². The highest BCUT2D eigenvalue weighted by atomic mass is 79.9. The molecule has 0 radical (unpaired) electrons. The quantitative estimate of drug-likeness (QED) is 0.494. The number of rotatable bonds is 2. The number of nitrogens with zero attached hydrogens (tertiary/aromatic N) is 2. The molecule has 1 aliphatic heterocycles. The van der Waals surface area contributed by atoms with Crippen molar-refractivity contribution in [2.45, 2.75) is 45.1 Å². The Morgan fingerprint density at radius 1 is 1.33 bits per heavy atom. The summed E-state index contributed by atoms with van der Waals surface area (Å²) in [5.41, 5.74) is 0.0649. The third-order valence-corrected chi connectivity index (χ3v) is 7.83. The molecule has 4 rings (SSSR count). The monoisotopic (exact) mass is 489 g/mol. The van der Waals surface area contributed by atoms with E-state index in [1.807, 2.05) is 57.2 Å². The number of H-pyrrole nitrogens is 1. The second-order valence-electron chi connectivity index (χ2n) is 8.83. The normalized spacial score (nSPS) is 22.4. The van der Waals surface area contributed by atoms with Crippen LogP contribution in [-0.4, -0.2) is 32.6 Å². The minimum absolute atomic E-state index is 0.100. The van der Waals surface area contributed by atoms with Gasteiger partial charge in [-0.1, -0.05) is 51.1 Å². The number of halogens is 1. The number of piperidine rings is 1. The molecule has 0 saturated carbocycles. The molecule has 6 nitrogen and oxygen atoms in total. The number of aromatic nitrogens is 2. The molecule has 1 aliphatic rings. The van der Waals surface area contributed by atoms with Crippen molar-refractivity contribution in [3.05, 3.63) is 61.9 Å². The number of nitrogens with one attached hydrogen (secondary N) is 1. The van der Waals surface area contributed by atoms with Gasteiger partial charge in [-0.05, 0) is 45.8 Å². The zero-order valence-electron chi connectivity index (χ0n) is 17.1. The van der Waals surface area contributed by atoms with Crippen molar-refractivity contribution in [1.29, 1.82) is 0 Å². The van der Waals surface area contributed by atoms with Gasteiger partial charge in [0.15, 0.2) is 0 Å². The molecular formula is C22H24BrN3O3S. The number of thiophene rings is 1. The molecule has 158 valence electrons. The van der Waals surface area contributed by atoms with Crippen LogP contribution < -0.4 is 5.56 Å². The number of likely N-dealkylation sites (tertiary alicyclic amines) is 1. The minimum Gasteiger partial charge on any atom is -0.465 e. The molecule has 30 heavy (non-hydrogen) atoms. The largest absolute Gasteiger partial charge is 0.465 e. The molecule has 3 heterocycles.